The lowest BCUT2D eigenvalue weighted by Gasteiger charge is -2.16. The fraction of sp³-hybridized carbons (Fsp3) is 0.304. The average Bonchev–Trinajstić information content (AvgIpc) is 3.52. The van der Waals surface area contributed by atoms with E-state index in [0.29, 0.717) is 29.3 Å². The minimum Gasteiger partial charge on any atom is -0.457 e. The van der Waals surface area contributed by atoms with Gasteiger partial charge in [0.15, 0.2) is 5.69 Å². The molecular weight excluding hydrogens is 489 g/mol. The first kappa shape index (κ1) is 24.5. The number of nitrogens with one attached hydrogen (secondary N) is 1. The molecule has 4 rings (SSSR count). The Balaban J connectivity index is 1.59. The topological polar surface area (TPSA) is 99.3 Å². The summed E-state index contributed by atoms with van der Waals surface area (Å²) in [6, 6.07) is 8.44. The Hall–Kier alpha value is -3.60. The largest absolute Gasteiger partial charge is 0.457 e. The van der Waals surface area contributed by atoms with Crippen LogP contribution in [-0.4, -0.2) is 20.6 Å². The van der Waals surface area contributed by atoms with Crippen LogP contribution in [0.5, 0.6) is 11.5 Å². The van der Waals surface area contributed by atoms with E-state index in [-0.39, 0.29) is 23.0 Å². The van der Waals surface area contributed by atoms with E-state index in [1.165, 1.54) is 19.1 Å². The van der Waals surface area contributed by atoms with Crippen molar-refractivity contribution in [2.45, 2.75) is 44.8 Å². The number of hydrogen-bond acceptors (Lipinski definition) is 5. The van der Waals surface area contributed by atoms with Crippen molar-refractivity contribution in [3.63, 3.8) is 0 Å². The van der Waals surface area contributed by atoms with Gasteiger partial charge in [0.05, 0.1) is 16.7 Å². The van der Waals surface area contributed by atoms with Crippen LogP contribution < -0.4 is 10.1 Å². The zero-order valence-corrected chi connectivity index (χ0v) is 19.4. The molecule has 1 aromatic heterocycles. The minimum absolute atomic E-state index is 0.0490. The first-order valence-corrected chi connectivity index (χ1v) is 11.0. The van der Waals surface area contributed by atoms with Crippen LogP contribution in [0.2, 0.25) is 5.02 Å². The first-order valence-electron chi connectivity index (χ1n) is 10.6. The number of ether oxygens (including phenoxy) is 1. The van der Waals surface area contributed by atoms with Crippen molar-refractivity contribution in [1.29, 1.82) is 0 Å². The number of nitro groups is 1. The molecule has 0 radical (unpaired) electrons. The van der Waals surface area contributed by atoms with Gasteiger partial charge in [0, 0.05) is 28.8 Å². The number of alkyl halides is 3. The number of rotatable bonds is 7. The predicted molar refractivity (Wildman–Crippen MR) is 122 cm³/mol. The average molecular weight is 509 g/mol. The van der Waals surface area contributed by atoms with E-state index in [9.17, 15) is 28.1 Å². The fourth-order valence-corrected chi connectivity index (χ4v) is 3.65. The lowest BCUT2D eigenvalue weighted by atomic mass is 10.2. The molecule has 1 N–H and O–H groups in total. The normalized spacial score (nSPS) is 14.5. The highest BCUT2D eigenvalue weighted by molar-refractivity contribution is 6.31. The summed E-state index contributed by atoms with van der Waals surface area (Å²) in [5, 5.41) is 18.1. The SMILES string of the molecule is Cc1cc(Oc2cc(NC(=O)C(C)n3nc(C(F)(F)F)cc3C3CC3)cc([N+](=O)[O-])c2)ccc1Cl. The van der Waals surface area contributed by atoms with Gasteiger partial charge in [0.25, 0.3) is 5.69 Å². The van der Waals surface area contributed by atoms with Gasteiger partial charge >= 0.3 is 6.18 Å². The molecule has 1 heterocycles. The van der Waals surface area contributed by atoms with Crippen LogP contribution in [0.3, 0.4) is 0 Å². The van der Waals surface area contributed by atoms with E-state index < -0.39 is 28.7 Å². The van der Waals surface area contributed by atoms with E-state index in [4.69, 9.17) is 16.3 Å². The molecule has 0 saturated heterocycles. The molecule has 1 saturated carbocycles. The number of halogens is 4. The Morgan fingerprint density at radius 3 is 2.54 bits per heavy atom. The van der Waals surface area contributed by atoms with Gasteiger partial charge in [-0.1, -0.05) is 11.6 Å². The van der Waals surface area contributed by atoms with Crippen LogP contribution in [0.25, 0.3) is 0 Å². The third kappa shape index (κ3) is 5.56. The summed E-state index contributed by atoms with van der Waals surface area (Å²) in [7, 11) is 0. The molecular formula is C23H20ClF3N4O4. The number of aromatic nitrogens is 2. The van der Waals surface area contributed by atoms with Gasteiger partial charge in [-0.15, -0.1) is 0 Å². The summed E-state index contributed by atoms with van der Waals surface area (Å²) >= 11 is 6.01. The van der Waals surface area contributed by atoms with Crippen molar-refractivity contribution in [3.8, 4) is 11.5 Å². The molecule has 0 bridgehead atoms. The maximum atomic E-state index is 13.2. The number of aryl methyl sites for hydroxylation is 1. The van der Waals surface area contributed by atoms with E-state index in [2.05, 4.69) is 10.4 Å². The lowest BCUT2D eigenvalue weighted by Crippen LogP contribution is -2.26. The zero-order valence-electron chi connectivity index (χ0n) is 18.6. The first-order chi connectivity index (χ1) is 16.4. The van der Waals surface area contributed by atoms with Crippen LogP contribution >= 0.6 is 11.6 Å². The molecule has 1 aliphatic rings. The summed E-state index contributed by atoms with van der Waals surface area (Å²) in [5.41, 5.74) is -0.286. The van der Waals surface area contributed by atoms with Crippen molar-refractivity contribution < 1.29 is 27.6 Å². The Morgan fingerprint density at radius 2 is 1.94 bits per heavy atom. The van der Waals surface area contributed by atoms with Gasteiger partial charge in [-0.2, -0.15) is 18.3 Å². The maximum Gasteiger partial charge on any atom is 0.435 e. The highest BCUT2D eigenvalue weighted by Gasteiger charge is 2.39. The third-order valence-electron chi connectivity index (χ3n) is 5.53. The molecule has 1 fully saturated rings. The quantitative estimate of drug-likeness (QED) is 0.285. The van der Waals surface area contributed by atoms with Gasteiger partial charge in [-0.05, 0) is 56.5 Å². The second-order valence-electron chi connectivity index (χ2n) is 8.32. The molecule has 1 amide bonds. The predicted octanol–water partition coefficient (Wildman–Crippen LogP) is 6.64. The van der Waals surface area contributed by atoms with Gasteiger partial charge in [-0.25, -0.2) is 0 Å². The standard InChI is InChI=1S/C23H20ClF3N4O4/c1-12-7-17(5-6-19(12)24)35-18-9-15(8-16(10-18)31(33)34)28-22(32)13(2)30-20(14-3-4-14)11-21(29-30)23(25,26)27/h5-11,13-14H,3-4H2,1-2H3,(H,28,32). The Labute approximate surface area is 202 Å². The summed E-state index contributed by atoms with van der Waals surface area (Å²) in [5.74, 6) is -0.309. The van der Waals surface area contributed by atoms with E-state index in [1.54, 1.807) is 25.1 Å². The van der Waals surface area contributed by atoms with Crippen LogP contribution in [0.4, 0.5) is 24.5 Å². The van der Waals surface area contributed by atoms with Crippen LogP contribution in [0.1, 0.15) is 48.7 Å². The summed E-state index contributed by atoms with van der Waals surface area (Å²) < 4.78 is 46.4. The molecule has 8 nitrogen and oxygen atoms in total. The van der Waals surface area contributed by atoms with Crippen molar-refractivity contribution in [3.05, 3.63) is 74.6 Å². The number of hydrogen-bond donors (Lipinski definition) is 1. The Bertz CT molecular complexity index is 1300. The highest BCUT2D eigenvalue weighted by atomic mass is 35.5. The summed E-state index contributed by atoms with van der Waals surface area (Å²) in [6.45, 7) is 3.19. The van der Waals surface area contributed by atoms with Gasteiger partial charge in [0.1, 0.15) is 17.5 Å². The van der Waals surface area contributed by atoms with Gasteiger partial charge in [0.2, 0.25) is 5.91 Å². The van der Waals surface area contributed by atoms with Crippen molar-refractivity contribution in [1.82, 2.24) is 9.78 Å². The van der Waals surface area contributed by atoms with Crippen molar-refractivity contribution >= 4 is 28.9 Å². The van der Waals surface area contributed by atoms with E-state index in [0.717, 1.165) is 22.4 Å². The smallest absolute Gasteiger partial charge is 0.435 e. The molecule has 1 unspecified atom stereocenters. The monoisotopic (exact) mass is 508 g/mol. The Morgan fingerprint density at radius 1 is 1.23 bits per heavy atom. The molecule has 3 aromatic rings. The molecule has 12 heteroatoms. The highest BCUT2D eigenvalue weighted by Crippen LogP contribution is 2.43. The molecule has 2 aromatic carbocycles. The van der Waals surface area contributed by atoms with Crippen molar-refractivity contribution in [2.75, 3.05) is 5.32 Å². The molecule has 35 heavy (non-hydrogen) atoms. The number of carbonyl (C=O) groups excluding carboxylic acids is 1. The maximum absolute atomic E-state index is 13.2. The molecule has 184 valence electrons. The second kappa shape index (κ2) is 9.21. The van der Waals surface area contributed by atoms with E-state index in [1.807, 2.05) is 0 Å². The van der Waals surface area contributed by atoms with Crippen LogP contribution in [0.15, 0.2) is 42.5 Å². The van der Waals surface area contributed by atoms with Crippen LogP contribution in [0, 0.1) is 17.0 Å². The van der Waals surface area contributed by atoms with Gasteiger partial charge < -0.3 is 10.1 Å². The lowest BCUT2D eigenvalue weighted by molar-refractivity contribution is -0.384. The number of carbonyl (C=O) groups is 1. The zero-order chi connectivity index (χ0) is 25.5. The molecule has 0 aliphatic heterocycles. The second-order valence-corrected chi connectivity index (χ2v) is 8.73. The number of nitrogens with zero attached hydrogens (tertiary/aromatic N) is 3. The number of amides is 1. The van der Waals surface area contributed by atoms with Gasteiger partial charge in [-0.3, -0.25) is 19.6 Å². The molecule has 0 spiro atoms. The van der Waals surface area contributed by atoms with Crippen LogP contribution in [-0.2, 0) is 11.0 Å². The minimum atomic E-state index is -4.64. The molecule has 1 aliphatic carbocycles. The summed E-state index contributed by atoms with van der Waals surface area (Å²) in [4.78, 5) is 23.7. The fourth-order valence-electron chi connectivity index (χ4n) is 3.54. The number of anilines is 1. The number of non-ortho nitro benzene ring substituents is 1. The van der Waals surface area contributed by atoms with E-state index >= 15 is 0 Å². The number of benzene rings is 2. The van der Waals surface area contributed by atoms with Crippen molar-refractivity contribution in [2.24, 2.45) is 0 Å². The number of nitro benzene ring substituents is 1. The Kier molecular flexibility index (Phi) is 6.46. The molecule has 1 atom stereocenters. The summed E-state index contributed by atoms with van der Waals surface area (Å²) in [6.07, 6.45) is -3.21. The third-order valence-corrected chi connectivity index (χ3v) is 5.96.